The van der Waals surface area contributed by atoms with Gasteiger partial charge in [0, 0.05) is 17.9 Å². The van der Waals surface area contributed by atoms with Crippen LogP contribution in [-0.4, -0.2) is 42.3 Å². The van der Waals surface area contributed by atoms with Crippen LogP contribution < -0.4 is 10.1 Å². The van der Waals surface area contributed by atoms with Crippen molar-refractivity contribution in [3.63, 3.8) is 0 Å². The lowest BCUT2D eigenvalue weighted by Gasteiger charge is -2.22. The summed E-state index contributed by atoms with van der Waals surface area (Å²) in [6.07, 6.45) is 1.88. The van der Waals surface area contributed by atoms with Gasteiger partial charge in [-0.15, -0.1) is 0 Å². The van der Waals surface area contributed by atoms with Gasteiger partial charge < -0.3 is 15.2 Å². The Morgan fingerprint density at radius 2 is 2.26 bits per heavy atom. The molecule has 1 amide bonds. The van der Waals surface area contributed by atoms with Crippen LogP contribution in [-0.2, 0) is 0 Å². The first-order chi connectivity index (χ1) is 8.89. The molecule has 1 aromatic carbocycles. The topological polar surface area (TPSA) is 58.6 Å². The highest BCUT2D eigenvalue weighted by molar-refractivity contribution is 7.98. The number of methoxy groups -OCH3 is 1. The largest absolute Gasteiger partial charge is 0.494 e. The van der Waals surface area contributed by atoms with Crippen molar-refractivity contribution in [3.8, 4) is 5.75 Å². The van der Waals surface area contributed by atoms with Gasteiger partial charge in [0.25, 0.3) is 5.91 Å². The monoisotopic (exact) mass is 287 g/mol. The van der Waals surface area contributed by atoms with Crippen LogP contribution in [0.4, 0.5) is 4.39 Å². The Morgan fingerprint density at radius 1 is 1.58 bits per heavy atom. The van der Waals surface area contributed by atoms with Crippen molar-refractivity contribution in [3.05, 3.63) is 29.6 Å². The zero-order valence-corrected chi connectivity index (χ0v) is 12.0. The van der Waals surface area contributed by atoms with E-state index in [9.17, 15) is 14.3 Å². The lowest BCUT2D eigenvalue weighted by atomic mass is 10.1. The Balaban J connectivity index is 2.68. The van der Waals surface area contributed by atoms with Gasteiger partial charge >= 0.3 is 0 Å². The van der Waals surface area contributed by atoms with Gasteiger partial charge in [-0.25, -0.2) is 4.39 Å². The number of carbonyl (C=O) groups is 1. The molecule has 0 aromatic heterocycles. The van der Waals surface area contributed by atoms with Gasteiger partial charge in [-0.3, -0.25) is 4.79 Å². The summed E-state index contributed by atoms with van der Waals surface area (Å²) in [5, 5.41) is 12.5. The summed E-state index contributed by atoms with van der Waals surface area (Å²) in [6.45, 7) is 1.78. The predicted octanol–water partition coefficient (Wildman–Crippen LogP) is 1.68. The molecule has 1 aromatic rings. The highest BCUT2D eigenvalue weighted by Gasteiger charge is 2.21. The van der Waals surface area contributed by atoms with Gasteiger partial charge in [0.15, 0.2) is 11.6 Å². The van der Waals surface area contributed by atoms with E-state index in [1.54, 1.807) is 6.92 Å². The highest BCUT2D eigenvalue weighted by Crippen LogP contribution is 2.18. The van der Waals surface area contributed by atoms with E-state index < -0.39 is 11.4 Å². The van der Waals surface area contributed by atoms with Crippen molar-refractivity contribution in [2.24, 2.45) is 0 Å². The number of hydrogen-bond acceptors (Lipinski definition) is 4. The van der Waals surface area contributed by atoms with Crippen molar-refractivity contribution in [2.45, 2.75) is 12.5 Å². The van der Waals surface area contributed by atoms with E-state index in [1.807, 2.05) is 6.26 Å². The van der Waals surface area contributed by atoms with Gasteiger partial charge in [-0.2, -0.15) is 11.8 Å². The first kappa shape index (κ1) is 15.8. The molecule has 19 heavy (non-hydrogen) atoms. The van der Waals surface area contributed by atoms with Crippen LogP contribution in [0, 0.1) is 5.82 Å². The molecule has 0 aliphatic carbocycles. The molecule has 2 N–H and O–H groups in total. The van der Waals surface area contributed by atoms with Gasteiger partial charge in [0.1, 0.15) is 0 Å². The summed E-state index contributed by atoms with van der Waals surface area (Å²) in [4.78, 5) is 11.9. The average molecular weight is 287 g/mol. The molecule has 0 saturated carbocycles. The highest BCUT2D eigenvalue weighted by atomic mass is 32.2. The number of rotatable bonds is 6. The van der Waals surface area contributed by atoms with E-state index in [4.69, 9.17) is 4.74 Å². The molecular formula is C13H18FNO3S. The molecule has 6 heteroatoms. The van der Waals surface area contributed by atoms with Crippen molar-refractivity contribution in [1.82, 2.24) is 5.32 Å². The van der Waals surface area contributed by atoms with Crippen molar-refractivity contribution in [1.29, 1.82) is 0 Å². The minimum atomic E-state index is -0.973. The fourth-order valence-electron chi connectivity index (χ4n) is 1.54. The third-order valence-corrected chi connectivity index (χ3v) is 3.41. The summed E-state index contributed by atoms with van der Waals surface area (Å²) in [5.74, 6) is -0.364. The van der Waals surface area contributed by atoms with E-state index in [0.717, 1.165) is 0 Å². The first-order valence-corrected chi connectivity index (χ1v) is 7.12. The van der Waals surface area contributed by atoms with Gasteiger partial charge in [0.2, 0.25) is 0 Å². The second kappa shape index (κ2) is 6.77. The summed E-state index contributed by atoms with van der Waals surface area (Å²) >= 11 is 1.49. The Labute approximate surface area is 116 Å². The van der Waals surface area contributed by atoms with E-state index >= 15 is 0 Å². The van der Waals surface area contributed by atoms with Gasteiger partial charge in [-0.05, 0) is 31.4 Å². The smallest absolute Gasteiger partial charge is 0.251 e. The fraction of sp³-hybridized carbons (Fsp3) is 0.462. The maximum atomic E-state index is 13.2. The number of carbonyl (C=O) groups excluding carboxylic acids is 1. The molecule has 0 aliphatic rings. The van der Waals surface area contributed by atoms with Crippen LogP contribution in [0.15, 0.2) is 18.2 Å². The Morgan fingerprint density at radius 3 is 2.84 bits per heavy atom. The normalized spacial score (nSPS) is 13.7. The second-order valence-electron chi connectivity index (χ2n) is 4.46. The second-order valence-corrected chi connectivity index (χ2v) is 5.33. The third-order valence-electron chi connectivity index (χ3n) is 2.50. The molecule has 0 heterocycles. The molecule has 1 rings (SSSR count). The molecule has 106 valence electrons. The Bertz CT molecular complexity index is 452. The molecule has 4 nitrogen and oxygen atoms in total. The van der Waals surface area contributed by atoms with Gasteiger partial charge in [-0.1, -0.05) is 0 Å². The number of benzene rings is 1. The minimum absolute atomic E-state index is 0.0172. The average Bonchev–Trinajstić information content (AvgIpc) is 2.36. The molecule has 0 radical (unpaired) electrons. The molecule has 0 saturated heterocycles. The van der Waals surface area contributed by atoms with Crippen molar-refractivity contribution in [2.75, 3.05) is 25.7 Å². The van der Waals surface area contributed by atoms with E-state index in [2.05, 4.69) is 5.32 Å². The van der Waals surface area contributed by atoms with E-state index in [0.29, 0.717) is 11.3 Å². The van der Waals surface area contributed by atoms with Crippen LogP contribution >= 0.6 is 11.8 Å². The molecule has 1 atom stereocenters. The maximum absolute atomic E-state index is 13.2. The zero-order valence-electron chi connectivity index (χ0n) is 11.2. The number of aliphatic hydroxyl groups is 1. The number of hydrogen-bond donors (Lipinski definition) is 2. The molecule has 0 fully saturated rings. The van der Waals surface area contributed by atoms with Crippen LogP contribution in [0.25, 0.3) is 0 Å². The van der Waals surface area contributed by atoms with Crippen LogP contribution in [0.3, 0.4) is 0 Å². The predicted molar refractivity (Wildman–Crippen MR) is 74.3 cm³/mol. The van der Waals surface area contributed by atoms with E-state index in [-0.39, 0.29) is 18.2 Å². The molecular weight excluding hydrogens is 269 g/mol. The number of halogens is 1. The van der Waals surface area contributed by atoms with Crippen LogP contribution in [0.5, 0.6) is 5.75 Å². The van der Waals surface area contributed by atoms with Crippen molar-refractivity contribution >= 4 is 17.7 Å². The standard InChI is InChI=1S/C13H18FNO3S/c1-13(17,8-19-3)7-15-12(16)9-4-5-10(14)11(6-9)18-2/h4-6,17H,7-8H2,1-3H3,(H,15,16). The number of ether oxygens (including phenoxy) is 1. The molecule has 0 aliphatic heterocycles. The van der Waals surface area contributed by atoms with Gasteiger partial charge in [0.05, 0.1) is 12.7 Å². The lowest BCUT2D eigenvalue weighted by Crippen LogP contribution is -2.42. The number of thioether (sulfide) groups is 1. The van der Waals surface area contributed by atoms with E-state index in [1.165, 1.54) is 37.1 Å². The fourth-order valence-corrected chi connectivity index (χ4v) is 2.26. The minimum Gasteiger partial charge on any atom is -0.494 e. The Kier molecular flexibility index (Phi) is 5.62. The molecule has 0 bridgehead atoms. The SMILES string of the molecule is COc1cc(C(=O)NCC(C)(O)CSC)ccc1F. The number of nitrogens with one attached hydrogen (secondary N) is 1. The lowest BCUT2D eigenvalue weighted by molar-refractivity contribution is 0.0725. The molecule has 1 unspecified atom stereocenters. The maximum Gasteiger partial charge on any atom is 0.251 e. The number of amides is 1. The third kappa shape index (κ3) is 4.72. The quantitative estimate of drug-likeness (QED) is 0.836. The summed E-state index contributed by atoms with van der Waals surface area (Å²) in [6, 6.07) is 3.87. The summed E-state index contributed by atoms with van der Waals surface area (Å²) in [5.41, 5.74) is -0.683. The first-order valence-electron chi connectivity index (χ1n) is 5.72. The van der Waals surface area contributed by atoms with Crippen LogP contribution in [0.2, 0.25) is 0 Å². The summed E-state index contributed by atoms with van der Waals surface area (Å²) < 4.78 is 18.0. The summed E-state index contributed by atoms with van der Waals surface area (Å²) in [7, 11) is 1.34. The Hall–Kier alpha value is -1.27. The van der Waals surface area contributed by atoms with Crippen LogP contribution in [0.1, 0.15) is 17.3 Å². The zero-order chi connectivity index (χ0) is 14.5. The van der Waals surface area contributed by atoms with Crippen molar-refractivity contribution < 1.29 is 19.0 Å². The molecule has 0 spiro atoms.